The van der Waals surface area contributed by atoms with Gasteiger partial charge in [0.1, 0.15) is 14.5 Å². The molecule has 2 aromatic rings. The van der Waals surface area contributed by atoms with Crippen LogP contribution in [-0.2, 0) is 0 Å². The zero-order valence-corrected chi connectivity index (χ0v) is 10.9. The summed E-state index contributed by atoms with van der Waals surface area (Å²) in [5.74, 6) is -0.982. The quantitative estimate of drug-likeness (QED) is 0.913. The SMILES string of the molecule is O=C(O)c1sc(-c2ccc(Cl)cc2)nc1Br. The number of nitrogens with zero attached hydrogens (tertiary/aromatic N) is 1. The minimum absolute atomic E-state index is 0.199. The summed E-state index contributed by atoms with van der Waals surface area (Å²) in [5.41, 5.74) is 0.850. The lowest BCUT2D eigenvalue weighted by atomic mass is 10.2. The van der Waals surface area contributed by atoms with Gasteiger partial charge in [0.25, 0.3) is 0 Å². The van der Waals surface area contributed by atoms with Crippen molar-refractivity contribution in [1.82, 2.24) is 4.98 Å². The zero-order chi connectivity index (χ0) is 11.7. The smallest absolute Gasteiger partial charge is 0.348 e. The van der Waals surface area contributed by atoms with Gasteiger partial charge in [0.2, 0.25) is 0 Å². The van der Waals surface area contributed by atoms with Gasteiger partial charge >= 0.3 is 5.97 Å². The molecule has 0 radical (unpaired) electrons. The number of hydrogen-bond donors (Lipinski definition) is 1. The number of aromatic carboxylic acids is 1. The third kappa shape index (κ3) is 2.26. The van der Waals surface area contributed by atoms with Gasteiger partial charge in [0, 0.05) is 10.6 Å². The molecule has 1 aromatic heterocycles. The van der Waals surface area contributed by atoms with E-state index in [1.165, 1.54) is 0 Å². The van der Waals surface area contributed by atoms with Gasteiger partial charge in [0.15, 0.2) is 0 Å². The van der Waals surface area contributed by atoms with Gasteiger partial charge in [-0.25, -0.2) is 9.78 Å². The van der Waals surface area contributed by atoms with E-state index in [1.54, 1.807) is 24.3 Å². The van der Waals surface area contributed by atoms with E-state index >= 15 is 0 Å². The van der Waals surface area contributed by atoms with Crippen molar-refractivity contribution in [2.45, 2.75) is 0 Å². The van der Waals surface area contributed by atoms with E-state index in [-0.39, 0.29) is 4.88 Å². The van der Waals surface area contributed by atoms with Crippen LogP contribution in [0.2, 0.25) is 5.02 Å². The van der Waals surface area contributed by atoms with Crippen molar-refractivity contribution in [3.63, 3.8) is 0 Å². The molecule has 0 fully saturated rings. The maximum Gasteiger partial charge on any atom is 0.348 e. The minimum Gasteiger partial charge on any atom is -0.477 e. The van der Waals surface area contributed by atoms with E-state index in [0.29, 0.717) is 14.6 Å². The summed E-state index contributed by atoms with van der Waals surface area (Å²) in [5, 5.41) is 10.2. The Morgan fingerprint density at radius 3 is 2.50 bits per heavy atom. The predicted octanol–water partition coefficient (Wildman–Crippen LogP) is 3.92. The molecule has 0 amide bonds. The molecule has 0 bridgehead atoms. The minimum atomic E-state index is -0.982. The van der Waals surface area contributed by atoms with Gasteiger partial charge in [-0.2, -0.15) is 0 Å². The van der Waals surface area contributed by atoms with Crippen LogP contribution in [0.25, 0.3) is 10.6 Å². The molecular formula is C10H5BrClNO2S. The molecule has 0 aliphatic rings. The summed E-state index contributed by atoms with van der Waals surface area (Å²) in [6.45, 7) is 0. The standard InChI is InChI=1S/C10H5BrClNO2S/c11-8-7(10(14)15)16-9(13-8)5-1-3-6(12)4-2-5/h1-4H,(H,14,15). The van der Waals surface area contributed by atoms with Crippen molar-refractivity contribution in [1.29, 1.82) is 0 Å². The number of benzene rings is 1. The number of rotatable bonds is 2. The van der Waals surface area contributed by atoms with E-state index in [0.717, 1.165) is 16.9 Å². The molecule has 0 aliphatic carbocycles. The maximum absolute atomic E-state index is 10.8. The molecule has 0 spiro atoms. The largest absolute Gasteiger partial charge is 0.477 e. The fraction of sp³-hybridized carbons (Fsp3) is 0. The van der Waals surface area contributed by atoms with E-state index in [4.69, 9.17) is 16.7 Å². The third-order valence-corrected chi connectivity index (χ3v) is 4.05. The van der Waals surface area contributed by atoms with Crippen molar-refractivity contribution in [3.8, 4) is 10.6 Å². The molecule has 3 nitrogen and oxygen atoms in total. The fourth-order valence-electron chi connectivity index (χ4n) is 1.15. The van der Waals surface area contributed by atoms with Crippen molar-refractivity contribution < 1.29 is 9.90 Å². The summed E-state index contributed by atoms with van der Waals surface area (Å²) in [6.07, 6.45) is 0. The van der Waals surface area contributed by atoms with Crippen molar-refractivity contribution in [2.75, 3.05) is 0 Å². The Kier molecular flexibility index (Phi) is 3.28. The molecular weight excluding hydrogens is 314 g/mol. The molecule has 2 rings (SSSR count). The molecule has 0 saturated carbocycles. The Morgan fingerprint density at radius 2 is 2.00 bits per heavy atom. The average Bonchev–Trinajstić information content (AvgIpc) is 2.61. The first-order valence-electron chi connectivity index (χ1n) is 4.23. The monoisotopic (exact) mass is 317 g/mol. The lowest BCUT2D eigenvalue weighted by molar-refractivity contribution is 0.0701. The zero-order valence-electron chi connectivity index (χ0n) is 7.78. The lowest BCUT2D eigenvalue weighted by Gasteiger charge is -1.94. The van der Waals surface area contributed by atoms with E-state index in [9.17, 15) is 4.79 Å². The van der Waals surface area contributed by atoms with Crippen LogP contribution in [0.1, 0.15) is 9.67 Å². The number of carbonyl (C=O) groups is 1. The highest BCUT2D eigenvalue weighted by atomic mass is 79.9. The lowest BCUT2D eigenvalue weighted by Crippen LogP contribution is -1.91. The Morgan fingerprint density at radius 1 is 1.38 bits per heavy atom. The Balaban J connectivity index is 2.45. The number of carboxylic acids is 1. The van der Waals surface area contributed by atoms with Crippen LogP contribution >= 0.6 is 38.9 Å². The molecule has 16 heavy (non-hydrogen) atoms. The Labute approximate surface area is 109 Å². The van der Waals surface area contributed by atoms with Gasteiger partial charge in [-0.3, -0.25) is 0 Å². The van der Waals surface area contributed by atoms with E-state index < -0.39 is 5.97 Å². The fourth-order valence-corrected chi connectivity index (χ4v) is 2.78. The molecule has 0 aliphatic heterocycles. The van der Waals surface area contributed by atoms with Crippen LogP contribution in [0.15, 0.2) is 28.9 Å². The number of aromatic nitrogens is 1. The number of thiazole rings is 1. The van der Waals surface area contributed by atoms with Gasteiger partial charge in [-0.1, -0.05) is 23.7 Å². The summed E-state index contributed by atoms with van der Waals surface area (Å²) in [4.78, 5) is 15.2. The first-order chi connectivity index (χ1) is 7.58. The van der Waals surface area contributed by atoms with Crippen LogP contribution in [-0.4, -0.2) is 16.1 Å². The highest BCUT2D eigenvalue weighted by Gasteiger charge is 2.15. The van der Waals surface area contributed by atoms with Crippen LogP contribution in [0, 0.1) is 0 Å². The Bertz CT molecular complexity index is 538. The Hall–Kier alpha value is -0.910. The predicted molar refractivity (Wildman–Crippen MR) is 67.2 cm³/mol. The second-order valence-electron chi connectivity index (χ2n) is 2.95. The number of carboxylic acid groups (broad SMARTS) is 1. The summed E-state index contributed by atoms with van der Waals surface area (Å²) in [6, 6.07) is 7.09. The second-order valence-corrected chi connectivity index (χ2v) is 5.14. The van der Waals surface area contributed by atoms with Crippen LogP contribution in [0.5, 0.6) is 0 Å². The topological polar surface area (TPSA) is 50.2 Å². The normalized spacial score (nSPS) is 10.4. The summed E-state index contributed by atoms with van der Waals surface area (Å²) < 4.78 is 0.356. The first-order valence-corrected chi connectivity index (χ1v) is 6.22. The molecule has 82 valence electrons. The maximum atomic E-state index is 10.8. The van der Waals surface area contributed by atoms with Gasteiger partial charge in [-0.15, -0.1) is 11.3 Å². The van der Waals surface area contributed by atoms with Gasteiger partial charge < -0.3 is 5.11 Å². The van der Waals surface area contributed by atoms with Gasteiger partial charge in [0.05, 0.1) is 0 Å². The molecule has 0 unspecified atom stereocenters. The molecule has 1 heterocycles. The first kappa shape index (κ1) is 11.6. The molecule has 1 aromatic carbocycles. The highest BCUT2D eigenvalue weighted by molar-refractivity contribution is 9.10. The van der Waals surface area contributed by atoms with Crippen LogP contribution < -0.4 is 0 Å². The van der Waals surface area contributed by atoms with Crippen LogP contribution in [0.3, 0.4) is 0 Å². The van der Waals surface area contributed by atoms with Crippen LogP contribution in [0.4, 0.5) is 0 Å². The van der Waals surface area contributed by atoms with Crippen molar-refractivity contribution >= 4 is 44.8 Å². The number of hydrogen-bond acceptors (Lipinski definition) is 3. The molecule has 1 N–H and O–H groups in total. The van der Waals surface area contributed by atoms with E-state index in [1.807, 2.05) is 0 Å². The third-order valence-electron chi connectivity index (χ3n) is 1.87. The van der Waals surface area contributed by atoms with Crippen molar-refractivity contribution in [3.05, 3.63) is 38.8 Å². The molecule has 6 heteroatoms. The molecule has 0 saturated heterocycles. The summed E-state index contributed by atoms with van der Waals surface area (Å²) in [7, 11) is 0. The number of halogens is 2. The van der Waals surface area contributed by atoms with Gasteiger partial charge in [-0.05, 0) is 28.1 Å². The second kappa shape index (κ2) is 4.53. The van der Waals surface area contributed by atoms with Crippen molar-refractivity contribution in [2.24, 2.45) is 0 Å². The average molecular weight is 319 g/mol. The van der Waals surface area contributed by atoms with E-state index in [2.05, 4.69) is 20.9 Å². The summed E-state index contributed by atoms with van der Waals surface area (Å²) >= 11 is 10.0. The highest BCUT2D eigenvalue weighted by Crippen LogP contribution is 2.31. The molecule has 0 atom stereocenters.